The van der Waals surface area contributed by atoms with Gasteiger partial charge in [0.15, 0.2) is 0 Å². The molecule has 0 radical (unpaired) electrons. The summed E-state index contributed by atoms with van der Waals surface area (Å²) < 4.78 is 5.50. The van der Waals surface area contributed by atoms with Crippen LogP contribution in [0.4, 0.5) is 0 Å². The van der Waals surface area contributed by atoms with Gasteiger partial charge in [0.25, 0.3) is 0 Å². The highest BCUT2D eigenvalue weighted by atomic mass is 16.5. The number of hydrazine groups is 1. The van der Waals surface area contributed by atoms with Gasteiger partial charge in [-0.25, -0.2) is 0 Å². The molecule has 0 aliphatic heterocycles. The number of fused-ring (bicyclic) bond motifs is 1. The van der Waals surface area contributed by atoms with E-state index in [1.807, 2.05) is 38.1 Å². The first-order chi connectivity index (χ1) is 8.58. The molecule has 0 aliphatic carbocycles. The van der Waals surface area contributed by atoms with E-state index in [1.54, 1.807) is 13.3 Å². The van der Waals surface area contributed by atoms with E-state index in [-0.39, 0.29) is 11.6 Å². The van der Waals surface area contributed by atoms with Gasteiger partial charge in [-0.05, 0) is 37.6 Å². The quantitative estimate of drug-likeness (QED) is 0.640. The summed E-state index contributed by atoms with van der Waals surface area (Å²) in [7, 11) is 1.69. The van der Waals surface area contributed by atoms with Crippen molar-refractivity contribution in [2.24, 2.45) is 5.84 Å². The summed E-state index contributed by atoms with van der Waals surface area (Å²) in [5.74, 6) is 5.66. The van der Waals surface area contributed by atoms with Gasteiger partial charge in [-0.1, -0.05) is 12.1 Å². The van der Waals surface area contributed by atoms with Crippen molar-refractivity contribution in [1.82, 2.24) is 10.4 Å². The second-order valence-electron chi connectivity index (χ2n) is 4.86. The average Bonchev–Trinajstić information content (AvgIpc) is 2.39. The van der Waals surface area contributed by atoms with Crippen LogP contribution in [0.2, 0.25) is 0 Å². The molecule has 0 bridgehead atoms. The largest absolute Gasteiger partial charge is 0.377 e. The number of hydrogen-bond acceptors (Lipinski definition) is 4. The zero-order valence-electron chi connectivity index (χ0n) is 11.0. The van der Waals surface area contributed by atoms with Gasteiger partial charge in [-0.15, -0.1) is 0 Å². The Kier molecular flexibility index (Phi) is 3.61. The first-order valence-corrected chi connectivity index (χ1v) is 5.94. The van der Waals surface area contributed by atoms with Crippen LogP contribution in [-0.4, -0.2) is 17.7 Å². The summed E-state index contributed by atoms with van der Waals surface area (Å²) in [5, 5.41) is 1.10. The highest BCUT2D eigenvalue weighted by molar-refractivity contribution is 5.79. The molecule has 1 heterocycles. The van der Waals surface area contributed by atoms with E-state index in [1.165, 1.54) is 0 Å². The van der Waals surface area contributed by atoms with Crippen molar-refractivity contribution in [2.45, 2.75) is 25.5 Å². The van der Waals surface area contributed by atoms with Crippen LogP contribution in [0.15, 0.2) is 36.5 Å². The Labute approximate surface area is 107 Å². The predicted octanol–water partition coefficient (Wildman–Crippen LogP) is 2.16. The maximum atomic E-state index is 5.66. The van der Waals surface area contributed by atoms with Gasteiger partial charge in [0, 0.05) is 18.7 Å². The van der Waals surface area contributed by atoms with Crippen LogP contribution in [0.1, 0.15) is 25.5 Å². The molecule has 0 aliphatic rings. The number of aromatic nitrogens is 1. The van der Waals surface area contributed by atoms with E-state index in [0.29, 0.717) is 0 Å². The number of methoxy groups -OCH3 is 1. The summed E-state index contributed by atoms with van der Waals surface area (Å²) in [6, 6.07) is 10.0. The smallest absolute Gasteiger partial charge is 0.0829 e. The molecule has 1 atom stereocenters. The van der Waals surface area contributed by atoms with Crippen LogP contribution in [0.5, 0.6) is 0 Å². The van der Waals surface area contributed by atoms with Crippen LogP contribution in [0.25, 0.3) is 10.9 Å². The van der Waals surface area contributed by atoms with Crippen molar-refractivity contribution in [1.29, 1.82) is 0 Å². The van der Waals surface area contributed by atoms with Gasteiger partial charge in [-0.3, -0.25) is 16.3 Å². The van der Waals surface area contributed by atoms with E-state index >= 15 is 0 Å². The van der Waals surface area contributed by atoms with Crippen LogP contribution < -0.4 is 11.3 Å². The van der Waals surface area contributed by atoms with E-state index < -0.39 is 0 Å². The number of ether oxygens (including phenoxy) is 1. The maximum Gasteiger partial charge on any atom is 0.0829 e. The molecule has 2 aromatic rings. The summed E-state index contributed by atoms with van der Waals surface area (Å²) in [6.45, 7) is 4.01. The van der Waals surface area contributed by atoms with Crippen LogP contribution >= 0.6 is 0 Å². The van der Waals surface area contributed by atoms with E-state index in [0.717, 1.165) is 16.5 Å². The van der Waals surface area contributed by atoms with Gasteiger partial charge in [0.1, 0.15) is 0 Å². The monoisotopic (exact) mass is 245 g/mol. The number of nitrogens with two attached hydrogens (primary N) is 1. The van der Waals surface area contributed by atoms with Gasteiger partial charge in [-0.2, -0.15) is 0 Å². The topological polar surface area (TPSA) is 60.2 Å². The molecular weight excluding hydrogens is 226 g/mol. The SMILES string of the molecule is COC(C)(C)C(NN)c1ccc2ncccc2c1. The molecule has 0 saturated carbocycles. The third-order valence-corrected chi connectivity index (χ3v) is 3.35. The maximum absolute atomic E-state index is 5.66. The summed E-state index contributed by atoms with van der Waals surface area (Å²) in [4.78, 5) is 4.31. The molecule has 1 unspecified atom stereocenters. The lowest BCUT2D eigenvalue weighted by atomic mass is 9.91. The summed E-state index contributed by atoms with van der Waals surface area (Å²) >= 11 is 0. The molecule has 0 fully saturated rings. The zero-order valence-corrected chi connectivity index (χ0v) is 11.0. The second-order valence-corrected chi connectivity index (χ2v) is 4.86. The Bertz CT molecular complexity index is 539. The fraction of sp³-hybridized carbons (Fsp3) is 0.357. The van der Waals surface area contributed by atoms with E-state index in [9.17, 15) is 0 Å². The highest BCUT2D eigenvalue weighted by Gasteiger charge is 2.29. The van der Waals surface area contributed by atoms with Crippen molar-refractivity contribution < 1.29 is 4.74 Å². The fourth-order valence-electron chi connectivity index (χ4n) is 2.09. The second kappa shape index (κ2) is 5.02. The van der Waals surface area contributed by atoms with Gasteiger partial charge in [0.2, 0.25) is 0 Å². The number of nitrogens with zero attached hydrogens (tertiary/aromatic N) is 1. The number of pyridine rings is 1. The first-order valence-electron chi connectivity index (χ1n) is 5.94. The number of nitrogens with one attached hydrogen (secondary N) is 1. The number of rotatable bonds is 4. The third kappa shape index (κ3) is 2.36. The van der Waals surface area contributed by atoms with Crippen molar-refractivity contribution >= 4 is 10.9 Å². The van der Waals surface area contributed by atoms with Crippen molar-refractivity contribution in [3.05, 3.63) is 42.1 Å². The van der Waals surface area contributed by atoms with Gasteiger partial charge >= 0.3 is 0 Å². The normalized spacial score (nSPS) is 13.8. The molecule has 18 heavy (non-hydrogen) atoms. The van der Waals surface area contributed by atoms with Crippen LogP contribution in [0.3, 0.4) is 0 Å². The lowest BCUT2D eigenvalue weighted by Crippen LogP contribution is -2.43. The molecule has 0 saturated heterocycles. The third-order valence-electron chi connectivity index (χ3n) is 3.35. The lowest BCUT2D eigenvalue weighted by molar-refractivity contribution is -0.0111. The Morgan fingerprint density at radius 3 is 2.78 bits per heavy atom. The summed E-state index contributed by atoms with van der Waals surface area (Å²) in [6.07, 6.45) is 1.79. The number of hydrogen-bond donors (Lipinski definition) is 2. The minimum absolute atomic E-state index is 0.0768. The molecule has 1 aromatic carbocycles. The molecule has 3 N–H and O–H groups in total. The number of benzene rings is 1. The Balaban J connectivity index is 2.46. The van der Waals surface area contributed by atoms with E-state index in [4.69, 9.17) is 10.6 Å². The van der Waals surface area contributed by atoms with Crippen molar-refractivity contribution in [2.75, 3.05) is 7.11 Å². The Hall–Kier alpha value is -1.49. The lowest BCUT2D eigenvalue weighted by Gasteiger charge is -2.33. The Morgan fingerprint density at radius 1 is 1.33 bits per heavy atom. The minimum Gasteiger partial charge on any atom is -0.377 e. The molecule has 4 nitrogen and oxygen atoms in total. The molecule has 1 aromatic heterocycles. The van der Waals surface area contributed by atoms with Crippen LogP contribution in [-0.2, 0) is 4.74 Å². The zero-order chi connectivity index (χ0) is 13.2. The predicted molar refractivity (Wildman–Crippen MR) is 72.9 cm³/mol. The van der Waals surface area contributed by atoms with E-state index in [2.05, 4.69) is 16.5 Å². The Morgan fingerprint density at radius 2 is 2.11 bits per heavy atom. The van der Waals surface area contributed by atoms with Gasteiger partial charge < -0.3 is 4.74 Å². The highest BCUT2D eigenvalue weighted by Crippen LogP contribution is 2.29. The fourth-order valence-corrected chi connectivity index (χ4v) is 2.09. The van der Waals surface area contributed by atoms with Gasteiger partial charge in [0.05, 0.1) is 17.2 Å². The molecule has 96 valence electrons. The van der Waals surface area contributed by atoms with Crippen molar-refractivity contribution in [3.8, 4) is 0 Å². The van der Waals surface area contributed by atoms with Crippen molar-refractivity contribution in [3.63, 3.8) is 0 Å². The molecule has 0 amide bonds. The molecule has 0 spiro atoms. The standard InChI is InChI=1S/C14H19N3O/c1-14(2,18-3)13(17-15)11-6-7-12-10(9-11)5-4-8-16-12/h4-9,13,17H,15H2,1-3H3. The van der Waals surface area contributed by atoms with Crippen LogP contribution in [0, 0.1) is 0 Å². The average molecular weight is 245 g/mol. The molecular formula is C14H19N3O. The summed E-state index contributed by atoms with van der Waals surface area (Å²) in [5.41, 5.74) is 4.51. The molecule has 2 rings (SSSR count). The first kappa shape index (κ1) is 13.0. The molecule has 4 heteroatoms. The minimum atomic E-state index is -0.384.